The first-order valence-electron chi connectivity index (χ1n) is 5.60. The lowest BCUT2D eigenvalue weighted by Gasteiger charge is -2.03. The number of halogens is 1. The van der Waals surface area contributed by atoms with Crippen LogP contribution in [0.15, 0.2) is 24.4 Å². The van der Waals surface area contributed by atoms with E-state index in [4.69, 9.17) is 11.6 Å². The van der Waals surface area contributed by atoms with Crippen LogP contribution in [0.2, 0.25) is 0 Å². The van der Waals surface area contributed by atoms with Crippen molar-refractivity contribution >= 4 is 17.5 Å². The molecule has 0 aromatic carbocycles. The summed E-state index contributed by atoms with van der Waals surface area (Å²) in [7, 11) is 0. The first-order chi connectivity index (χ1) is 7.84. The maximum Gasteiger partial charge on any atom is 0.269 e. The Balaban J connectivity index is 2.12. The van der Waals surface area contributed by atoms with E-state index in [0.717, 1.165) is 31.6 Å². The number of hydrogen-bond acceptors (Lipinski definition) is 2. The Morgan fingerprint density at radius 1 is 1.25 bits per heavy atom. The molecule has 4 heteroatoms. The van der Waals surface area contributed by atoms with Gasteiger partial charge in [-0.1, -0.05) is 18.9 Å². The lowest BCUT2D eigenvalue weighted by atomic mass is 10.2. The van der Waals surface area contributed by atoms with Crippen molar-refractivity contribution in [1.82, 2.24) is 10.3 Å². The molecule has 0 atom stereocenters. The highest BCUT2D eigenvalue weighted by molar-refractivity contribution is 6.17. The molecule has 1 N–H and O–H groups in total. The predicted octanol–water partition coefficient (Wildman–Crippen LogP) is 2.61. The third-order valence-electron chi connectivity index (χ3n) is 2.24. The first kappa shape index (κ1) is 13.0. The summed E-state index contributed by atoms with van der Waals surface area (Å²) < 4.78 is 0. The molecule has 88 valence electrons. The summed E-state index contributed by atoms with van der Waals surface area (Å²) in [4.78, 5) is 15.5. The average Bonchev–Trinajstić information content (AvgIpc) is 2.34. The summed E-state index contributed by atoms with van der Waals surface area (Å²) in [6, 6.07) is 5.31. The SMILES string of the molecule is O=C(NCCCCCCCl)c1ccccn1. The maximum absolute atomic E-state index is 11.5. The van der Waals surface area contributed by atoms with Crippen molar-refractivity contribution in [3.63, 3.8) is 0 Å². The van der Waals surface area contributed by atoms with E-state index in [1.54, 1.807) is 18.3 Å². The van der Waals surface area contributed by atoms with Crippen LogP contribution in [0.3, 0.4) is 0 Å². The lowest BCUT2D eigenvalue weighted by Crippen LogP contribution is -2.25. The van der Waals surface area contributed by atoms with E-state index in [9.17, 15) is 4.79 Å². The smallest absolute Gasteiger partial charge is 0.269 e. The highest BCUT2D eigenvalue weighted by atomic mass is 35.5. The fourth-order valence-electron chi connectivity index (χ4n) is 1.36. The number of pyridine rings is 1. The summed E-state index contributed by atoms with van der Waals surface area (Å²) in [5, 5.41) is 2.84. The molecule has 16 heavy (non-hydrogen) atoms. The average molecular weight is 241 g/mol. The molecular weight excluding hydrogens is 224 g/mol. The van der Waals surface area contributed by atoms with Crippen LogP contribution in [0, 0.1) is 0 Å². The second-order valence-corrected chi connectivity index (χ2v) is 3.95. The van der Waals surface area contributed by atoms with E-state index in [-0.39, 0.29) is 5.91 Å². The molecule has 0 aliphatic rings. The van der Waals surface area contributed by atoms with Gasteiger partial charge in [-0.05, 0) is 25.0 Å². The number of nitrogens with zero attached hydrogens (tertiary/aromatic N) is 1. The third-order valence-corrected chi connectivity index (χ3v) is 2.51. The number of aromatic nitrogens is 1. The Hall–Kier alpha value is -1.09. The van der Waals surface area contributed by atoms with Crippen LogP contribution >= 0.6 is 11.6 Å². The number of hydrogen-bond donors (Lipinski definition) is 1. The van der Waals surface area contributed by atoms with Crippen molar-refractivity contribution in [2.75, 3.05) is 12.4 Å². The lowest BCUT2D eigenvalue weighted by molar-refractivity contribution is 0.0948. The Kier molecular flexibility index (Phi) is 6.58. The van der Waals surface area contributed by atoms with Gasteiger partial charge in [0.1, 0.15) is 5.69 Å². The van der Waals surface area contributed by atoms with Gasteiger partial charge in [-0.15, -0.1) is 11.6 Å². The van der Waals surface area contributed by atoms with Gasteiger partial charge in [-0.2, -0.15) is 0 Å². The van der Waals surface area contributed by atoms with Crippen LogP contribution in [0.1, 0.15) is 36.2 Å². The Bertz CT molecular complexity index is 303. The number of carbonyl (C=O) groups is 1. The van der Waals surface area contributed by atoms with Crippen molar-refractivity contribution in [3.8, 4) is 0 Å². The van der Waals surface area contributed by atoms with Crippen LogP contribution in [-0.2, 0) is 0 Å². The molecule has 1 amide bonds. The summed E-state index contributed by atoms with van der Waals surface area (Å²) in [5.74, 6) is 0.623. The maximum atomic E-state index is 11.5. The highest BCUT2D eigenvalue weighted by Gasteiger charge is 2.03. The van der Waals surface area contributed by atoms with Gasteiger partial charge < -0.3 is 5.32 Å². The summed E-state index contributed by atoms with van der Waals surface area (Å²) >= 11 is 5.57. The van der Waals surface area contributed by atoms with Crippen LogP contribution in [0.4, 0.5) is 0 Å². The van der Waals surface area contributed by atoms with Crippen LogP contribution < -0.4 is 5.32 Å². The minimum Gasteiger partial charge on any atom is -0.351 e. The zero-order valence-electron chi connectivity index (χ0n) is 9.29. The van der Waals surface area contributed by atoms with Crippen LogP contribution in [0.25, 0.3) is 0 Å². The minimum atomic E-state index is -0.0991. The van der Waals surface area contributed by atoms with E-state index in [1.807, 2.05) is 6.07 Å². The van der Waals surface area contributed by atoms with Crippen LogP contribution in [0.5, 0.6) is 0 Å². The minimum absolute atomic E-state index is 0.0991. The monoisotopic (exact) mass is 240 g/mol. The number of nitrogens with one attached hydrogen (secondary N) is 1. The van der Waals surface area contributed by atoms with Gasteiger partial charge in [0.15, 0.2) is 0 Å². The Labute approximate surface area is 101 Å². The Morgan fingerprint density at radius 2 is 2.06 bits per heavy atom. The number of unbranched alkanes of at least 4 members (excludes halogenated alkanes) is 3. The van der Waals surface area contributed by atoms with Crippen molar-refractivity contribution in [1.29, 1.82) is 0 Å². The summed E-state index contributed by atoms with van der Waals surface area (Å²) in [5.41, 5.74) is 0.475. The van der Waals surface area contributed by atoms with E-state index in [0.29, 0.717) is 12.2 Å². The molecule has 0 radical (unpaired) electrons. The van der Waals surface area contributed by atoms with Gasteiger partial charge in [0, 0.05) is 18.6 Å². The van der Waals surface area contributed by atoms with Gasteiger partial charge in [0.2, 0.25) is 0 Å². The summed E-state index contributed by atoms with van der Waals surface area (Å²) in [6.07, 6.45) is 5.90. The van der Waals surface area contributed by atoms with Crippen molar-refractivity contribution in [2.24, 2.45) is 0 Å². The molecule has 1 aromatic heterocycles. The molecule has 1 aromatic rings. The quantitative estimate of drug-likeness (QED) is 0.588. The molecule has 0 aliphatic heterocycles. The highest BCUT2D eigenvalue weighted by Crippen LogP contribution is 2.00. The third kappa shape index (κ3) is 5.12. The normalized spacial score (nSPS) is 10.1. The number of carbonyl (C=O) groups excluding carboxylic acids is 1. The zero-order valence-corrected chi connectivity index (χ0v) is 10.0. The van der Waals surface area contributed by atoms with E-state index in [2.05, 4.69) is 10.3 Å². The molecule has 0 bridgehead atoms. The van der Waals surface area contributed by atoms with Gasteiger partial charge >= 0.3 is 0 Å². The van der Waals surface area contributed by atoms with Gasteiger partial charge in [0.05, 0.1) is 0 Å². The number of rotatable bonds is 7. The molecule has 1 rings (SSSR count). The molecule has 0 aliphatic carbocycles. The van der Waals surface area contributed by atoms with Crippen molar-refractivity contribution in [2.45, 2.75) is 25.7 Å². The Morgan fingerprint density at radius 3 is 2.75 bits per heavy atom. The predicted molar refractivity (Wildman–Crippen MR) is 65.8 cm³/mol. The molecule has 1 heterocycles. The fraction of sp³-hybridized carbons (Fsp3) is 0.500. The van der Waals surface area contributed by atoms with Gasteiger partial charge in [0.25, 0.3) is 5.91 Å². The zero-order chi connectivity index (χ0) is 11.6. The van der Waals surface area contributed by atoms with Crippen molar-refractivity contribution < 1.29 is 4.79 Å². The topological polar surface area (TPSA) is 42.0 Å². The van der Waals surface area contributed by atoms with Crippen LogP contribution in [-0.4, -0.2) is 23.3 Å². The van der Waals surface area contributed by atoms with E-state index >= 15 is 0 Å². The first-order valence-corrected chi connectivity index (χ1v) is 6.13. The molecule has 0 spiro atoms. The molecule has 3 nitrogen and oxygen atoms in total. The largest absolute Gasteiger partial charge is 0.351 e. The molecule has 0 saturated heterocycles. The molecule has 0 fully saturated rings. The summed E-state index contributed by atoms with van der Waals surface area (Å²) in [6.45, 7) is 0.706. The van der Waals surface area contributed by atoms with Crippen molar-refractivity contribution in [3.05, 3.63) is 30.1 Å². The molecular formula is C12H17ClN2O. The fourth-order valence-corrected chi connectivity index (χ4v) is 1.55. The molecule has 0 unspecified atom stereocenters. The second-order valence-electron chi connectivity index (χ2n) is 3.57. The van der Waals surface area contributed by atoms with Gasteiger partial charge in [-0.3, -0.25) is 9.78 Å². The van der Waals surface area contributed by atoms with E-state index in [1.165, 1.54) is 0 Å². The molecule has 0 saturated carbocycles. The standard InChI is InChI=1S/C12H17ClN2O/c13-8-4-1-2-5-10-15-12(16)11-7-3-6-9-14-11/h3,6-7,9H,1-2,4-5,8,10H2,(H,15,16). The number of amides is 1. The number of alkyl halides is 1. The van der Waals surface area contributed by atoms with Gasteiger partial charge in [-0.25, -0.2) is 0 Å². The van der Waals surface area contributed by atoms with E-state index < -0.39 is 0 Å². The second kappa shape index (κ2) is 8.11.